The molecule has 0 aromatic carbocycles. The molecule has 0 radical (unpaired) electrons. The predicted octanol–water partition coefficient (Wildman–Crippen LogP) is 3.35. The Morgan fingerprint density at radius 2 is 2.10 bits per heavy atom. The average molecular weight is 273 g/mol. The number of anilines is 1. The van der Waals surface area contributed by atoms with Crippen molar-refractivity contribution in [2.75, 3.05) is 18.0 Å². The van der Waals surface area contributed by atoms with Crippen molar-refractivity contribution in [2.24, 2.45) is 5.41 Å². The van der Waals surface area contributed by atoms with Gasteiger partial charge in [-0.15, -0.1) is 0 Å². The van der Waals surface area contributed by atoms with Gasteiger partial charge in [-0.05, 0) is 42.7 Å². The second-order valence-electron chi connectivity index (χ2n) is 6.81. The van der Waals surface area contributed by atoms with Crippen molar-refractivity contribution >= 4 is 5.69 Å². The first-order chi connectivity index (χ1) is 9.70. The normalized spacial score (nSPS) is 22.0. The van der Waals surface area contributed by atoms with Crippen molar-refractivity contribution in [2.45, 2.75) is 58.5 Å². The fraction of sp³-hybridized carbons (Fsp3) is 0.706. The molecule has 3 rings (SSSR count). The van der Waals surface area contributed by atoms with Gasteiger partial charge in [0.25, 0.3) is 0 Å². The fourth-order valence-corrected chi connectivity index (χ4v) is 3.03. The number of nitrogens with zero attached hydrogens (tertiary/aromatic N) is 2. The van der Waals surface area contributed by atoms with E-state index < -0.39 is 0 Å². The van der Waals surface area contributed by atoms with Gasteiger partial charge < -0.3 is 10.2 Å². The van der Waals surface area contributed by atoms with Crippen LogP contribution in [-0.2, 0) is 6.54 Å². The van der Waals surface area contributed by atoms with Crippen LogP contribution >= 0.6 is 0 Å². The van der Waals surface area contributed by atoms with E-state index in [-0.39, 0.29) is 0 Å². The Morgan fingerprint density at radius 3 is 2.75 bits per heavy atom. The van der Waals surface area contributed by atoms with Gasteiger partial charge in [0.2, 0.25) is 0 Å². The first-order valence-corrected chi connectivity index (χ1v) is 8.11. The van der Waals surface area contributed by atoms with Crippen LogP contribution in [0, 0.1) is 5.41 Å². The maximum Gasteiger partial charge on any atom is 0.0598 e. The first kappa shape index (κ1) is 13.9. The van der Waals surface area contributed by atoms with E-state index in [0.717, 1.165) is 12.6 Å². The van der Waals surface area contributed by atoms with Crippen LogP contribution in [0.3, 0.4) is 0 Å². The summed E-state index contributed by atoms with van der Waals surface area (Å²) in [7, 11) is 0. The van der Waals surface area contributed by atoms with Crippen molar-refractivity contribution in [1.82, 2.24) is 10.3 Å². The van der Waals surface area contributed by atoms with E-state index in [9.17, 15) is 0 Å². The van der Waals surface area contributed by atoms with Crippen molar-refractivity contribution in [1.29, 1.82) is 0 Å². The molecule has 1 saturated heterocycles. The third-order valence-electron chi connectivity index (χ3n) is 5.21. The second kappa shape index (κ2) is 5.72. The van der Waals surface area contributed by atoms with Crippen LogP contribution in [0.5, 0.6) is 0 Å². The maximum absolute atomic E-state index is 4.35. The molecule has 0 spiro atoms. The summed E-state index contributed by atoms with van der Waals surface area (Å²) in [6.45, 7) is 8.09. The topological polar surface area (TPSA) is 28.2 Å². The molecule has 0 unspecified atom stereocenters. The summed E-state index contributed by atoms with van der Waals surface area (Å²) in [6.07, 6.45) is 10.6. The lowest BCUT2D eigenvalue weighted by molar-refractivity contribution is 0.238. The molecule has 2 fully saturated rings. The molecule has 2 heterocycles. The number of aromatic nitrogens is 1. The maximum atomic E-state index is 4.35. The molecule has 1 saturated carbocycles. The molecule has 1 aliphatic heterocycles. The number of hydrogen-bond donors (Lipinski definition) is 1. The molecule has 2 aliphatic rings. The van der Waals surface area contributed by atoms with Crippen LogP contribution in [0.2, 0.25) is 0 Å². The number of piperidine rings is 1. The minimum Gasteiger partial charge on any atom is -0.370 e. The highest BCUT2D eigenvalue weighted by molar-refractivity contribution is 5.52. The van der Waals surface area contributed by atoms with E-state index >= 15 is 0 Å². The van der Waals surface area contributed by atoms with Gasteiger partial charge in [-0.2, -0.15) is 0 Å². The molecule has 20 heavy (non-hydrogen) atoms. The summed E-state index contributed by atoms with van der Waals surface area (Å²) in [4.78, 5) is 6.89. The third-order valence-corrected chi connectivity index (χ3v) is 5.21. The first-order valence-electron chi connectivity index (χ1n) is 8.11. The molecule has 1 aromatic rings. The SMILES string of the molecule is CCC1(C)CCN(c2cnccc2CNC2CC2)CC1. The molecule has 1 N–H and O–H groups in total. The molecule has 110 valence electrons. The van der Waals surface area contributed by atoms with Crippen molar-refractivity contribution in [3.05, 3.63) is 24.0 Å². The summed E-state index contributed by atoms with van der Waals surface area (Å²) in [6, 6.07) is 2.94. The van der Waals surface area contributed by atoms with Gasteiger partial charge in [0.15, 0.2) is 0 Å². The largest absolute Gasteiger partial charge is 0.370 e. The van der Waals surface area contributed by atoms with E-state index in [2.05, 4.69) is 41.3 Å². The standard InChI is InChI=1S/C17H27N3/c1-3-17(2)7-10-20(11-8-17)16-13-18-9-6-14(16)12-19-15-4-5-15/h6,9,13,15,19H,3-5,7-8,10-12H2,1-2H3. The van der Waals surface area contributed by atoms with Crippen LogP contribution in [0.1, 0.15) is 51.5 Å². The van der Waals surface area contributed by atoms with Crippen LogP contribution < -0.4 is 10.2 Å². The van der Waals surface area contributed by atoms with Crippen molar-refractivity contribution < 1.29 is 0 Å². The van der Waals surface area contributed by atoms with Crippen LogP contribution in [0.15, 0.2) is 18.5 Å². The number of rotatable bonds is 5. The van der Waals surface area contributed by atoms with Crippen molar-refractivity contribution in [3.63, 3.8) is 0 Å². The van der Waals surface area contributed by atoms with E-state index in [0.29, 0.717) is 5.41 Å². The Kier molecular flexibility index (Phi) is 3.97. The Hall–Kier alpha value is -1.09. The molecule has 1 aliphatic carbocycles. The van der Waals surface area contributed by atoms with E-state index in [1.165, 1.54) is 56.4 Å². The Labute approximate surface area is 122 Å². The minimum absolute atomic E-state index is 0.547. The summed E-state index contributed by atoms with van der Waals surface area (Å²) in [5, 5.41) is 3.63. The lowest BCUT2D eigenvalue weighted by Crippen LogP contribution is -2.39. The zero-order valence-corrected chi connectivity index (χ0v) is 12.9. The van der Waals surface area contributed by atoms with E-state index in [1.54, 1.807) is 0 Å². The molecule has 3 heteroatoms. The van der Waals surface area contributed by atoms with Gasteiger partial charge in [0.1, 0.15) is 0 Å². The van der Waals surface area contributed by atoms with Gasteiger partial charge in [0.05, 0.1) is 11.9 Å². The predicted molar refractivity (Wildman–Crippen MR) is 83.9 cm³/mol. The molecule has 1 aromatic heterocycles. The zero-order chi connectivity index (χ0) is 14.0. The molecule has 0 atom stereocenters. The number of pyridine rings is 1. The van der Waals surface area contributed by atoms with Gasteiger partial charge >= 0.3 is 0 Å². The molecular weight excluding hydrogens is 246 g/mol. The smallest absolute Gasteiger partial charge is 0.0598 e. The third kappa shape index (κ3) is 3.14. The highest BCUT2D eigenvalue weighted by Gasteiger charge is 2.29. The second-order valence-corrected chi connectivity index (χ2v) is 6.81. The zero-order valence-electron chi connectivity index (χ0n) is 12.9. The highest BCUT2D eigenvalue weighted by Crippen LogP contribution is 2.36. The number of nitrogens with one attached hydrogen (secondary N) is 1. The van der Waals surface area contributed by atoms with Gasteiger partial charge in [-0.25, -0.2) is 0 Å². The average Bonchev–Trinajstić information content (AvgIpc) is 3.31. The van der Waals surface area contributed by atoms with Gasteiger partial charge in [-0.1, -0.05) is 20.3 Å². The Balaban J connectivity index is 1.67. The molecular formula is C17H27N3. The lowest BCUT2D eigenvalue weighted by Gasteiger charge is -2.40. The quantitative estimate of drug-likeness (QED) is 0.891. The van der Waals surface area contributed by atoms with Crippen LogP contribution in [0.25, 0.3) is 0 Å². The summed E-state index contributed by atoms with van der Waals surface area (Å²) < 4.78 is 0. The van der Waals surface area contributed by atoms with Crippen LogP contribution in [0.4, 0.5) is 5.69 Å². The van der Waals surface area contributed by atoms with Gasteiger partial charge in [0, 0.05) is 31.9 Å². The highest BCUT2D eigenvalue weighted by atomic mass is 15.1. The van der Waals surface area contributed by atoms with E-state index in [1.807, 2.05) is 6.20 Å². The van der Waals surface area contributed by atoms with Crippen LogP contribution in [-0.4, -0.2) is 24.1 Å². The summed E-state index contributed by atoms with van der Waals surface area (Å²) >= 11 is 0. The van der Waals surface area contributed by atoms with Crippen molar-refractivity contribution in [3.8, 4) is 0 Å². The Morgan fingerprint density at radius 1 is 1.35 bits per heavy atom. The molecule has 0 amide bonds. The molecule has 3 nitrogen and oxygen atoms in total. The lowest BCUT2D eigenvalue weighted by atomic mass is 9.78. The Bertz CT molecular complexity index is 445. The minimum atomic E-state index is 0.547. The van der Waals surface area contributed by atoms with Gasteiger partial charge in [-0.3, -0.25) is 4.98 Å². The van der Waals surface area contributed by atoms with E-state index in [4.69, 9.17) is 0 Å². The summed E-state index contributed by atoms with van der Waals surface area (Å²) in [5.74, 6) is 0. The monoisotopic (exact) mass is 273 g/mol. The molecule has 0 bridgehead atoms. The fourth-order valence-electron chi connectivity index (χ4n) is 3.03. The summed E-state index contributed by atoms with van der Waals surface area (Å²) in [5.41, 5.74) is 3.30. The number of hydrogen-bond acceptors (Lipinski definition) is 3.